The monoisotopic (exact) mass is 216 g/mol. The van der Waals surface area contributed by atoms with Crippen LogP contribution in [0.25, 0.3) is 11.0 Å². The van der Waals surface area contributed by atoms with E-state index in [9.17, 15) is 4.79 Å². The van der Waals surface area contributed by atoms with Crippen LogP contribution in [0.15, 0.2) is 34.7 Å². The highest BCUT2D eigenvalue weighted by molar-refractivity contribution is 5.81. The Morgan fingerprint density at radius 1 is 1.31 bits per heavy atom. The fourth-order valence-corrected chi connectivity index (χ4v) is 1.70. The second kappa shape index (κ2) is 4.52. The quantitative estimate of drug-likeness (QED) is 0.781. The summed E-state index contributed by atoms with van der Waals surface area (Å²) in [7, 11) is 0. The highest BCUT2D eigenvalue weighted by atomic mass is 16.3. The van der Waals surface area contributed by atoms with Crippen LogP contribution in [0.1, 0.15) is 26.0 Å². The lowest BCUT2D eigenvalue weighted by molar-refractivity contribution is -0.121. The maximum Gasteiger partial charge on any atom is 0.135 e. The molecule has 1 heterocycles. The summed E-state index contributed by atoms with van der Waals surface area (Å²) in [5.74, 6) is 1.31. The number of para-hydroxylation sites is 1. The number of carbonyl (C=O) groups excluding carboxylic acids is 1. The molecule has 0 saturated carbocycles. The van der Waals surface area contributed by atoms with E-state index >= 15 is 0 Å². The molecule has 0 spiro atoms. The molecule has 0 aliphatic rings. The van der Waals surface area contributed by atoms with Gasteiger partial charge in [-0.15, -0.1) is 0 Å². The summed E-state index contributed by atoms with van der Waals surface area (Å²) in [6.07, 6.45) is 1.27. The number of rotatable bonds is 4. The van der Waals surface area contributed by atoms with E-state index in [0.29, 0.717) is 18.6 Å². The first-order valence-corrected chi connectivity index (χ1v) is 5.67. The van der Waals surface area contributed by atoms with Crippen LogP contribution in [0.5, 0.6) is 0 Å². The maximum absolute atomic E-state index is 11.5. The average Bonchev–Trinajstić information content (AvgIpc) is 2.68. The van der Waals surface area contributed by atoms with Gasteiger partial charge in [0.15, 0.2) is 0 Å². The van der Waals surface area contributed by atoms with Crippen molar-refractivity contribution in [1.82, 2.24) is 0 Å². The van der Waals surface area contributed by atoms with Crippen LogP contribution in [0.4, 0.5) is 0 Å². The van der Waals surface area contributed by atoms with E-state index in [-0.39, 0.29) is 5.92 Å². The Kier molecular flexibility index (Phi) is 3.09. The molecule has 0 fully saturated rings. The number of fused-ring (bicyclic) bond motifs is 1. The Labute approximate surface area is 95.3 Å². The molecule has 2 nitrogen and oxygen atoms in total. The average molecular weight is 216 g/mol. The molecule has 0 aliphatic carbocycles. The SMILES string of the molecule is CC(C)C(=O)CCc1cc2ccccc2o1. The van der Waals surface area contributed by atoms with Crippen molar-refractivity contribution in [2.75, 3.05) is 0 Å². The van der Waals surface area contributed by atoms with E-state index in [4.69, 9.17) is 4.42 Å². The summed E-state index contributed by atoms with van der Waals surface area (Å²) in [6.45, 7) is 3.86. The predicted octanol–water partition coefficient (Wildman–Crippen LogP) is 3.59. The van der Waals surface area contributed by atoms with Crippen LogP contribution in [0.2, 0.25) is 0 Å². The Morgan fingerprint density at radius 3 is 2.75 bits per heavy atom. The molecule has 0 saturated heterocycles. The molecule has 0 N–H and O–H groups in total. The molecule has 84 valence electrons. The number of benzene rings is 1. The zero-order valence-electron chi connectivity index (χ0n) is 9.69. The van der Waals surface area contributed by atoms with Gasteiger partial charge in [0.25, 0.3) is 0 Å². The molecular weight excluding hydrogens is 200 g/mol. The van der Waals surface area contributed by atoms with Gasteiger partial charge in [0.2, 0.25) is 0 Å². The molecule has 2 rings (SSSR count). The van der Waals surface area contributed by atoms with Crippen molar-refractivity contribution in [3.63, 3.8) is 0 Å². The van der Waals surface area contributed by atoms with E-state index < -0.39 is 0 Å². The van der Waals surface area contributed by atoms with Crippen LogP contribution in [-0.2, 0) is 11.2 Å². The third kappa shape index (κ3) is 2.32. The lowest BCUT2D eigenvalue weighted by atomic mass is 10.0. The number of hydrogen-bond acceptors (Lipinski definition) is 2. The van der Waals surface area contributed by atoms with Crippen molar-refractivity contribution in [2.45, 2.75) is 26.7 Å². The van der Waals surface area contributed by atoms with Crippen LogP contribution in [0, 0.1) is 5.92 Å². The molecule has 0 atom stereocenters. The minimum Gasteiger partial charge on any atom is -0.461 e. The highest BCUT2D eigenvalue weighted by Crippen LogP contribution is 2.20. The summed E-state index contributed by atoms with van der Waals surface area (Å²) in [5.41, 5.74) is 0.898. The van der Waals surface area contributed by atoms with Gasteiger partial charge in [0, 0.05) is 24.1 Å². The van der Waals surface area contributed by atoms with Crippen LogP contribution < -0.4 is 0 Å². The predicted molar refractivity (Wildman–Crippen MR) is 64.4 cm³/mol. The van der Waals surface area contributed by atoms with Gasteiger partial charge in [0.1, 0.15) is 17.1 Å². The second-order valence-electron chi connectivity index (χ2n) is 4.37. The summed E-state index contributed by atoms with van der Waals surface area (Å²) in [6, 6.07) is 9.93. The molecule has 16 heavy (non-hydrogen) atoms. The van der Waals surface area contributed by atoms with E-state index in [1.54, 1.807) is 0 Å². The molecule has 0 radical (unpaired) electrons. The third-order valence-electron chi connectivity index (χ3n) is 2.74. The standard InChI is InChI=1S/C14H16O2/c1-10(2)13(15)8-7-12-9-11-5-3-4-6-14(11)16-12/h3-6,9-10H,7-8H2,1-2H3. The third-order valence-corrected chi connectivity index (χ3v) is 2.74. The molecule has 0 bridgehead atoms. The Balaban J connectivity index is 2.07. The van der Waals surface area contributed by atoms with Crippen LogP contribution >= 0.6 is 0 Å². The summed E-state index contributed by atoms with van der Waals surface area (Å²) in [4.78, 5) is 11.5. The molecule has 2 heteroatoms. The van der Waals surface area contributed by atoms with Gasteiger partial charge in [-0.3, -0.25) is 4.79 Å². The smallest absolute Gasteiger partial charge is 0.135 e. The maximum atomic E-state index is 11.5. The normalized spacial score (nSPS) is 11.2. The fourth-order valence-electron chi connectivity index (χ4n) is 1.70. The van der Waals surface area contributed by atoms with E-state index in [1.165, 1.54) is 0 Å². The topological polar surface area (TPSA) is 30.2 Å². The first-order valence-electron chi connectivity index (χ1n) is 5.67. The number of hydrogen-bond donors (Lipinski definition) is 0. The second-order valence-corrected chi connectivity index (χ2v) is 4.37. The lowest BCUT2D eigenvalue weighted by Crippen LogP contribution is -2.07. The lowest BCUT2D eigenvalue weighted by Gasteiger charge is -2.01. The summed E-state index contributed by atoms with van der Waals surface area (Å²) in [5, 5.41) is 1.11. The molecular formula is C14H16O2. The van der Waals surface area contributed by atoms with Gasteiger partial charge in [-0.25, -0.2) is 0 Å². The fraction of sp³-hybridized carbons (Fsp3) is 0.357. The molecule has 1 aromatic heterocycles. The van der Waals surface area contributed by atoms with Crippen molar-refractivity contribution in [3.05, 3.63) is 36.1 Å². The summed E-state index contributed by atoms with van der Waals surface area (Å²) < 4.78 is 5.65. The highest BCUT2D eigenvalue weighted by Gasteiger charge is 2.09. The molecule has 0 unspecified atom stereocenters. The zero-order valence-corrected chi connectivity index (χ0v) is 9.69. The van der Waals surface area contributed by atoms with E-state index in [2.05, 4.69) is 0 Å². The molecule has 1 aromatic carbocycles. The summed E-state index contributed by atoms with van der Waals surface area (Å²) >= 11 is 0. The Bertz CT molecular complexity index is 461. The largest absolute Gasteiger partial charge is 0.461 e. The van der Waals surface area contributed by atoms with Crippen LogP contribution in [-0.4, -0.2) is 5.78 Å². The number of furan rings is 1. The van der Waals surface area contributed by atoms with Gasteiger partial charge in [-0.1, -0.05) is 32.0 Å². The zero-order chi connectivity index (χ0) is 11.5. The number of aryl methyl sites for hydroxylation is 1. The number of ketones is 1. The Morgan fingerprint density at radius 2 is 2.06 bits per heavy atom. The minimum absolute atomic E-state index is 0.115. The van der Waals surface area contributed by atoms with Gasteiger partial charge >= 0.3 is 0 Å². The van der Waals surface area contributed by atoms with Gasteiger partial charge < -0.3 is 4.42 Å². The van der Waals surface area contributed by atoms with E-state index in [0.717, 1.165) is 16.7 Å². The van der Waals surface area contributed by atoms with Gasteiger partial charge in [0.05, 0.1) is 0 Å². The number of carbonyl (C=O) groups is 1. The Hall–Kier alpha value is -1.57. The van der Waals surface area contributed by atoms with Crippen molar-refractivity contribution in [3.8, 4) is 0 Å². The van der Waals surface area contributed by atoms with Crippen molar-refractivity contribution < 1.29 is 9.21 Å². The van der Waals surface area contributed by atoms with Crippen molar-refractivity contribution in [2.24, 2.45) is 5.92 Å². The number of Topliss-reactive ketones (excluding diaryl/α,β-unsaturated/α-hetero) is 1. The first-order chi connectivity index (χ1) is 7.66. The molecule has 0 aliphatic heterocycles. The molecule has 2 aromatic rings. The minimum atomic E-state index is 0.115. The van der Waals surface area contributed by atoms with E-state index in [1.807, 2.05) is 44.2 Å². The first kappa shape index (κ1) is 10.9. The van der Waals surface area contributed by atoms with Crippen molar-refractivity contribution in [1.29, 1.82) is 0 Å². The van der Waals surface area contributed by atoms with Gasteiger partial charge in [-0.05, 0) is 12.1 Å². The molecule has 0 amide bonds. The van der Waals surface area contributed by atoms with Crippen LogP contribution in [0.3, 0.4) is 0 Å². The van der Waals surface area contributed by atoms with Gasteiger partial charge in [-0.2, -0.15) is 0 Å². The van der Waals surface area contributed by atoms with Crippen molar-refractivity contribution >= 4 is 16.8 Å².